The van der Waals surface area contributed by atoms with E-state index in [0.717, 1.165) is 0 Å². The lowest BCUT2D eigenvalue weighted by Crippen LogP contribution is -2.06. The van der Waals surface area contributed by atoms with Gasteiger partial charge in [-0.15, -0.1) is 0 Å². The molecule has 0 saturated carbocycles. The quantitative estimate of drug-likeness (QED) is 0.355. The van der Waals surface area contributed by atoms with Gasteiger partial charge < -0.3 is 25.9 Å². The molecule has 0 bridgehead atoms. The molecule has 0 atom stereocenters. The molecule has 0 fully saturated rings. The Morgan fingerprint density at radius 3 is 1.12 bits per heavy atom. The molecule has 0 amide bonds. The number of hydrazine groups is 2. The first-order valence-corrected chi connectivity index (χ1v) is 6.36. The second-order valence-electron chi connectivity index (χ2n) is 4.05. The summed E-state index contributed by atoms with van der Waals surface area (Å²) in [6.45, 7) is 2.00. The van der Waals surface area contributed by atoms with Crippen molar-refractivity contribution < 1.29 is 24.6 Å². The Balaban J connectivity index is 0.000000400. The van der Waals surface area contributed by atoms with E-state index in [1.165, 1.54) is 24.3 Å². The molecule has 0 aliphatic carbocycles. The van der Waals surface area contributed by atoms with Crippen LogP contribution in [-0.2, 0) is 4.79 Å². The van der Waals surface area contributed by atoms with Crippen LogP contribution in [0.3, 0.4) is 0 Å². The van der Waals surface area contributed by atoms with Crippen LogP contribution >= 0.6 is 0 Å². The number of nitrogen functional groups attached to an aromatic ring is 2. The number of carbonyl (C=O) groups is 3. The minimum Gasteiger partial charge on any atom is -0.478 e. The monoisotopic (exact) mass is 334 g/mol. The number of hydrogen-bond donors (Lipinski definition) is 6. The minimum absolute atomic E-state index is 0.254. The number of nitrogens with one attached hydrogen (secondary N) is 2. The number of carboxylic acid groups (broad SMARTS) is 2. The normalized spacial score (nSPS) is 8.58. The van der Waals surface area contributed by atoms with Crippen molar-refractivity contribution in [2.45, 2.75) is 0 Å². The number of benzene rings is 2. The lowest BCUT2D eigenvalue weighted by atomic mass is 10.2. The molecular weight excluding hydrogens is 316 g/mol. The average Bonchev–Trinajstić information content (AvgIpc) is 2.64. The molecule has 9 heteroatoms. The van der Waals surface area contributed by atoms with Gasteiger partial charge in [-0.3, -0.25) is 11.7 Å². The molecule has 0 aliphatic rings. The van der Waals surface area contributed by atoms with Crippen LogP contribution in [0.2, 0.25) is 0 Å². The Hall–Kier alpha value is -3.43. The van der Waals surface area contributed by atoms with Crippen molar-refractivity contribution in [2.75, 3.05) is 10.9 Å². The predicted octanol–water partition coefficient (Wildman–Crippen LogP) is 1.16. The minimum atomic E-state index is -0.937. The number of hydrogen-bond acceptors (Lipinski definition) is 7. The Bertz CT molecular complexity index is 586. The Morgan fingerprint density at radius 2 is 0.958 bits per heavy atom. The number of carbonyl (C=O) groups excluding carboxylic acids is 1. The maximum Gasteiger partial charge on any atom is 0.335 e. The van der Waals surface area contributed by atoms with Crippen molar-refractivity contribution in [3.63, 3.8) is 0 Å². The summed E-state index contributed by atoms with van der Waals surface area (Å²) in [6, 6.07) is 12.3. The lowest BCUT2D eigenvalue weighted by Gasteiger charge is -1.98. The molecule has 0 aliphatic heterocycles. The van der Waals surface area contributed by atoms with Gasteiger partial charge in [-0.25, -0.2) is 9.59 Å². The maximum atomic E-state index is 10.3. The average molecular weight is 334 g/mol. The summed E-state index contributed by atoms with van der Waals surface area (Å²) < 4.78 is 0. The van der Waals surface area contributed by atoms with Gasteiger partial charge in [-0.05, 0) is 48.5 Å². The van der Waals surface area contributed by atoms with E-state index in [9.17, 15) is 9.59 Å². The van der Waals surface area contributed by atoms with Gasteiger partial charge in [0.15, 0.2) is 0 Å². The summed E-state index contributed by atoms with van der Waals surface area (Å²) in [5, 5.41) is 17.0. The van der Waals surface area contributed by atoms with Gasteiger partial charge in [0.25, 0.3) is 0 Å². The SMILES string of the molecule is C=O.NNc1ccc(C(=O)O)cc1.NNc1ccc(C(=O)O)cc1. The van der Waals surface area contributed by atoms with E-state index in [4.69, 9.17) is 26.7 Å². The van der Waals surface area contributed by atoms with Crippen molar-refractivity contribution in [2.24, 2.45) is 11.7 Å². The van der Waals surface area contributed by atoms with Gasteiger partial charge in [0.05, 0.1) is 11.1 Å². The van der Waals surface area contributed by atoms with E-state index in [0.29, 0.717) is 11.4 Å². The fourth-order valence-electron chi connectivity index (χ4n) is 1.42. The van der Waals surface area contributed by atoms with Crippen LogP contribution in [-0.4, -0.2) is 28.9 Å². The molecule has 2 aromatic rings. The summed E-state index contributed by atoms with van der Waals surface area (Å²) in [6.07, 6.45) is 0. The van der Waals surface area contributed by atoms with Crippen LogP contribution in [0.4, 0.5) is 11.4 Å². The van der Waals surface area contributed by atoms with Gasteiger partial charge in [0, 0.05) is 11.4 Å². The molecule has 0 aromatic heterocycles. The van der Waals surface area contributed by atoms with Gasteiger partial charge in [-0.1, -0.05) is 0 Å². The topological polar surface area (TPSA) is 168 Å². The predicted molar refractivity (Wildman–Crippen MR) is 89.5 cm³/mol. The van der Waals surface area contributed by atoms with Crippen molar-refractivity contribution in [1.29, 1.82) is 0 Å². The molecule has 9 nitrogen and oxygen atoms in total. The Morgan fingerprint density at radius 1 is 0.708 bits per heavy atom. The zero-order chi connectivity index (χ0) is 18.5. The molecule has 0 spiro atoms. The van der Waals surface area contributed by atoms with Crippen LogP contribution in [0.15, 0.2) is 48.5 Å². The number of anilines is 2. The highest BCUT2D eigenvalue weighted by atomic mass is 16.4. The van der Waals surface area contributed by atoms with Crippen LogP contribution in [0.1, 0.15) is 20.7 Å². The highest BCUT2D eigenvalue weighted by Gasteiger charge is 2.00. The third-order valence-corrected chi connectivity index (χ3v) is 2.60. The zero-order valence-corrected chi connectivity index (χ0v) is 12.6. The maximum absolute atomic E-state index is 10.3. The molecule has 24 heavy (non-hydrogen) atoms. The molecule has 2 aromatic carbocycles. The van der Waals surface area contributed by atoms with Crippen LogP contribution < -0.4 is 22.5 Å². The summed E-state index contributed by atoms with van der Waals surface area (Å²) in [5.74, 6) is 8.28. The van der Waals surface area contributed by atoms with Crippen molar-refractivity contribution in [3.8, 4) is 0 Å². The van der Waals surface area contributed by atoms with Gasteiger partial charge in [0.1, 0.15) is 6.79 Å². The summed E-state index contributed by atoms with van der Waals surface area (Å²) in [7, 11) is 0. The lowest BCUT2D eigenvalue weighted by molar-refractivity contribution is -0.0980. The van der Waals surface area contributed by atoms with Gasteiger partial charge in [0.2, 0.25) is 0 Å². The third-order valence-electron chi connectivity index (χ3n) is 2.60. The third kappa shape index (κ3) is 7.02. The van der Waals surface area contributed by atoms with E-state index in [1.807, 2.05) is 6.79 Å². The molecular formula is C15H18N4O5. The fraction of sp³-hybridized carbons (Fsp3) is 0. The first-order valence-electron chi connectivity index (χ1n) is 6.36. The number of aromatic carboxylic acids is 2. The number of carboxylic acids is 2. The fourth-order valence-corrected chi connectivity index (χ4v) is 1.42. The first kappa shape index (κ1) is 20.6. The Labute approximate surface area is 137 Å². The van der Waals surface area contributed by atoms with E-state index < -0.39 is 11.9 Å². The second kappa shape index (κ2) is 11.2. The van der Waals surface area contributed by atoms with Gasteiger partial charge in [-0.2, -0.15) is 0 Å². The highest BCUT2D eigenvalue weighted by Crippen LogP contribution is 2.07. The van der Waals surface area contributed by atoms with Crippen molar-refractivity contribution in [1.82, 2.24) is 0 Å². The molecule has 0 heterocycles. The van der Waals surface area contributed by atoms with Crippen molar-refractivity contribution in [3.05, 3.63) is 59.7 Å². The van der Waals surface area contributed by atoms with Crippen LogP contribution in [0.25, 0.3) is 0 Å². The number of nitrogens with two attached hydrogens (primary N) is 2. The standard InChI is InChI=1S/2C7H8N2O2.CH2O/c2*8-9-6-3-1-5(2-4-6)7(10)11;1-2/h2*1-4,9H,8H2,(H,10,11);1H2. The summed E-state index contributed by atoms with van der Waals surface area (Å²) >= 11 is 0. The van der Waals surface area contributed by atoms with Gasteiger partial charge >= 0.3 is 11.9 Å². The zero-order valence-electron chi connectivity index (χ0n) is 12.6. The molecule has 2 rings (SSSR count). The largest absolute Gasteiger partial charge is 0.478 e. The number of rotatable bonds is 4. The van der Waals surface area contributed by atoms with E-state index >= 15 is 0 Å². The first-order chi connectivity index (χ1) is 11.5. The van der Waals surface area contributed by atoms with E-state index in [2.05, 4.69) is 10.9 Å². The molecule has 128 valence electrons. The van der Waals surface area contributed by atoms with E-state index in [1.54, 1.807) is 24.3 Å². The van der Waals surface area contributed by atoms with Crippen LogP contribution in [0.5, 0.6) is 0 Å². The Kier molecular flexibility index (Phi) is 9.58. The molecule has 0 radical (unpaired) electrons. The van der Waals surface area contributed by atoms with Crippen molar-refractivity contribution >= 4 is 30.1 Å². The van der Waals surface area contributed by atoms with Crippen LogP contribution in [0, 0.1) is 0 Å². The highest BCUT2D eigenvalue weighted by molar-refractivity contribution is 5.88. The second-order valence-corrected chi connectivity index (χ2v) is 4.05. The smallest absolute Gasteiger partial charge is 0.335 e. The molecule has 8 N–H and O–H groups in total. The molecule has 0 saturated heterocycles. The summed E-state index contributed by atoms with van der Waals surface area (Å²) in [4.78, 5) is 28.7. The van der Waals surface area contributed by atoms with E-state index in [-0.39, 0.29) is 11.1 Å². The molecule has 0 unspecified atom stereocenters. The summed E-state index contributed by atoms with van der Waals surface area (Å²) in [5.41, 5.74) is 6.69.